The number of ether oxygens (including phenoxy) is 2. The highest BCUT2D eigenvalue weighted by molar-refractivity contribution is 7.99. The molecule has 0 atom stereocenters. The van der Waals surface area contributed by atoms with Crippen molar-refractivity contribution in [3.63, 3.8) is 0 Å². The molecular weight excluding hydrogens is 455 g/mol. The van der Waals surface area contributed by atoms with Crippen LogP contribution in [0.15, 0.2) is 53.7 Å². The van der Waals surface area contributed by atoms with Gasteiger partial charge in [0.25, 0.3) is 0 Å². The Labute approximate surface area is 204 Å². The lowest BCUT2D eigenvalue weighted by Gasteiger charge is -2.12. The number of para-hydroxylation sites is 2. The van der Waals surface area contributed by atoms with Gasteiger partial charge in [-0.1, -0.05) is 68.3 Å². The molecule has 3 aromatic rings. The molecular formula is C25H31FN4O3S. The zero-order valence-electron chi connectivity index (χ0n) is 19.6. The van der Waals surface area contributed by atoms with Crippen LogP contribution in [-0.2, 0) is 24.5 Å². The van der Waals surface area contributed by atoms with Gasteiger partial charge in [0.1, 0.15) is 12.4 Å². The number of carbonyl (C=O) groups excluding carboxylic acids is 1. The van der Waals surface area contributed by atoms with Crippen LogP contribution < -0.4 is 14.8 Å². The first-order valence-corrected chi connectivity index (χ1v) is 12.4. The number of nitrogens with zero attached hydrogens (tertiary/aromatic N) is 3. The molecule has 1 amide bonds. The number of unbranched alkanes of at least 4 members (excludes halogenated alkanes) is 3. The number of nitrogens with one attached hydrogen (secondary N) is 1. The molecule has 0 radical (unpaired) electrons. The number of aromatic nitrogens is 3. The first-order chi connectivity index (χ1) is 16.6. The van der Waals surface area contributed by atoms with Crippen LogP contribution in [0.5, 0.6) is 11.5 Å². The van der Waals surface area contributed by atoms with Gasteiger partial charge in [-0.3, -0.25) is 4.79 Å². The molecule has 0 fully saturated rings. The van der Waals surface area contributed by atoms with E-state index in [1.54, 1.807) is 25.3 Å². The van der Waals surface area contributed by atoms with Crippen LogP contribution >= 0.6 is 11.8 Å². The molecule has 0 aliphatic carbocycles. The summed E-state index contributed by atoms with van der Waals surface area (Å²) < 4.78 is 26.9. The molecule has 3 rings (SSSR count). The summed E-state index contributed by atoms with van der Waals surface area (Å²) in [5, 5.41) is 12.1. The van der Waals surface area contributed by atoms with Crippen LogP contribution in [0, 0.1) is 5.82 Å². The molecule has 182 valence electrons. The van der Waals surface area contributed by atoms with Gasteiger partial charge in [0.2, 0.25) is 5.91 Å². The highest BCUT2D eigenvalue weighted by atomic mass is 32.2. The van der Waals surface area contributed by atoms with Crippen molar-refractivity contribution in [2.75, 3.05) is 12.9 Å². The maximum absolute atomic E-state index is 13.9. The maximum atomic E-state index is 13.9. The molecule has 0 aliphatic heterocycles. The molecule has 0 aliphatic rings. The second kappa shape index (κ2) is 13.6. The van der Waals surface area contributed by atoms with Crippen LogP contribution in [0.2, 0.25) is 0 Å². The molecule has 7 nitrogen and oxygen atoms in total. The van der Waals surface area contributed by atoms with Crippen molar-refractivity contribution in [2.24, 2.45) is 0 Å². The monoisotopic (exact) mass is 486 g/mol. The van der Waals surface area contributed by atoms with Gasteiger partial charge in [0, 0.05) is 18.7 Å². The lowest BCUT2D eigenvalue weighted by atomic mass is 10.2. The lowest BCUT2D eigenvalue weighted by molar-refractivity contribution is -0.118. The number of carbonyl (C=O) groups is 1. The fourth-order valence-corrected chi connectivity index (χ4v) is 4.20. The van der Waals surface area contributed by atoms with Crippen LogP contribution in [0.3, 0.4) is 0 Å². The van der Waals surface area contributed by atoms with Crippen molar-refractivity contribution >= 4 is 17.7 Å². The summed E-state index contributed by atoms with van der Waals surface area (Å²) in [7, 11) is 1.61. The van der Waals surface area contributed by atoms with Crippen molar-refractivity contribution in [1.29, 1.82) is 0 Å². The minimum Gasteiger partial charge on any atom is -0.496 e. The predicted octanol–water partition coefficient (Wildman–Crippen LogP) is 4.99. The van der Waals surface area contributed by atoms with E-state index in [4.69, 9.17) is 9.47 Å². The molecule has 0 bridgehead atoms. The van der Waals surface area contributed by atoms with E-state index in [-0.39, 0.29) is 24.0 Å². The molecule has 0 spiro atoms. The summed E-state index contributed by atoms with van der Waals surface area (Å²) in [6, 6.07) is 13.9. The van der Waals surface area contributed by atoms with Crippen molar-refractivity contribution in [2.45, 2.75) is 57.5 Å². The largest absolute Gasteiger partial charge is 0.496 e. The van der Waals surface area contributed by atoms with Gasteiger partial charge in [-0.2, -0.15) is 0 Å². The molecule has 9 heteroatoms. The van der Waals surface area contributed by atoms with Crippen LogP contribution in [0.4, 0.5) is 4.39 Å². The average molecular weight is 487 g/mol. The Hall–Kier alpha value is -3.07. The highest BCUT2D eigenvalue weighted by Crippen LogP contribution is 2.22. The number of benzene rings is 2. The van der Waals surface area contributed by atoms with E-state index in [2.05, 4.69) is 22.4 Å². The van der Waals surface area contributed by atoms with E-state index in [1.165, 1.54) is 17.8 Å². The van der Waals surface area contributed by atoms with Crippen LogP contribution in [0.1, 0.15) is 44.0 Å². The minimum absolute atomic E-state index is 0.0995. The molecule has 0 saturated heterocycles. The number of thioether (sulfide) groups is 1. The van der Waals surface area contributed by atoms with E-state index in [0.29, 0.717) is 24.1 Å². The molecule has 34 heavy (non-hydrogen) atoms. The minimum atomic E-state index is -0.419. The Bertz CT molecular complexity index is 1060. The average Bonchev–Trinajstić information content (AvgIpc) is 3.25. The fourth-order valence-electron chi connectivity index (χ4n) is 3.38. The van der Waals surface area contributed by atoms with Crippen molar-refractivity contribution in [3.05, 3.63) is 65.7 Å². The number of rotatable bonds is 14. The molecule has 1 aromatic heterocycles. The van der Waals surface area contributed by atoms with E-state index < -0.39 is 5.82 Å². The third-order valence-corrected chi connectivity index (χ3v) is 6.19. The highest BCUT2D eigenvalue weighted by Gasteiger charge is 2.16. The molecule has 0 saturated carbocycles. The summed E-state index contributed by atoms with van der Waals surface area (Å²) in [5.41, 5.74) is 0.912. The third-order valence-electron chi connectivity index (χ3n) is 5.22. The zero-order valence-corrected chi connectivity index (χ0v) is 20.4. The van der Waals surface area contributed by atoms with Crippen molar-refractivity contribution < 1.29 is 18.7 Å². The van der Waals surface area contributed by atoms with Crippen molar-refractivity contribution in [3.8, 4) is 11.5 Å². The van der Waals surface area contributed by atoms with E-state index >= 15 is 0 Å². The Morgan fingerprint density at radius 1 is 1.06 bits per heavy atom. The quantitative estimate of drug-likeness (QED) is 0.255. The Balaban J connectivity index is 1.60. The summed E-state index contributed by atoms with van der Waals surface area (Å²) in [4.78, 5) is 12.5. The van der Waals surface area contributed by atoms with Gasteiger partial charge < -0.3 is 19.4 Å². The number of hydrogen-bond acceptors (Lipinski definition) is 6. The Morgan fingerprint density at radius 2 is 1.82 bits per heavy atom. The number of hydrogen-bond donors (Lipinski definition) is 1. The van der Waals surface area contributed by atoms with Gasteiger partial charge in [-0.25, -0.2) is 4.39 Å². The second-order valence-electron chi connectivity index (χ2n) is 7.71. The maximum Gasteiger partial charge on any atom is 0.230 e. The zero-order chi connectivity index (χ0) is 24.2. The van der Waals surface area contributed by atoms with Crippen LogP contribution in [0.25, 0.3) is 0 Å². The Kier molecular flexibility index (Phi) is 10.2. The number of amides is 1. The molecule has 1 heterocycles. The van der Waals surface area contributed by atoms with E-state index in [1.807, 2.05) is 28.8 Å². The summed E-state index contributed by atoms with van der Waals surface area (Å²) in [6.07, 6.45) is 4.34. The van der Waals surface area contributed by atoms with Gasteiger partial charge in [0.15, 0.2) is 22.5 Å². The van der Waals surface area contributed by atoms with Crippen molar-refractivity contribution in [1.82, 2.24) is 20.1 Å². The molecule has 0 unspecified atom stereocenters. The third kappa shape index (κ3) is 7.48. The normalized spacial score (nSPS) is 10.8. The fraction of sp³-hybridized carbons (Fsp3) is 0.400. The standard InChI is InChI=1S/C25H31FN4O3S/c1-3-4-5-10-15-30-23(17-33-22-14-9-7-12-20(22)26)28-29-25(30)34-18-24(31)27-16-19-11-6-8-13-21(19)32-2/h6-9,11-14H,3-5,10,15-18H2,1-2H3,(H,27,31). The van der Waals surface area contributed by atoms with Gasteiger partial charge in [-0.05, 0) is 24.6 Å². The van der Waals surface area contributed by atoms with E-state index in [0.717, 1.165) is 37.0 Å². The smallest absolute Gasteiger partial charge is 0.230 e. The van der Waals surface area contributed by atoms with E-state index in [9.17, 15) is 9.18 Å². The first kappa shape index (κ1) is 25.6. The SMILES string of the molecule is CCCCCCn1c(COc2ccccc2F)nnc1SCC(=O)NCc1ccccc1OC. The van der Waals surface area contributed by atoms with Gasteiger partial charge in [-0.15, -0.1) is 10.2 Å². The van der Waals surface area contributed by atoms with Crippen LogP contribution in [-0.4, -0.2) is 33.5 Å². The second-order valence-corrected chi connectivity index (χ2v) is 8.65. The summed E-state index contributed by atoms with van der Waals surface area (Å²) in [5.74, 6) is 1.20. The summed E-state index contributed by atoms with van der Waals surface area (Å²) >= 11 is 1.33. The molecule has 1 N–H and O–H groups in total. The number of methoxy groups -OCH3 is 1. The lowest BCUT2D eigenvalue weighted by Crippen LogP contribution is -2.25. The van der Waals surface area contributed by atoms with Gasteiger partial charge in [0.05, 0.1) is 12.9 Å². The Morgan fingerprint density at radius 3 is 2.59 bits per heavy atom. The predicted molar refractivity (Wildman–Crippen MR) is 130 cm³/mol. The van der Waals surface area contributed by atoms with Gasteiger partial charge >= 0.3 is 0 Å². The number of halogens is 1. The summed E-state index contributed by atoms with van der Waals surface area (Å²) in [6.45, 7) is 3.36. The molecule has 2 aromatic carbocycles. The first-order valence-electron chi connectivity index (χ1n) is 11.4. The topological polar surface area (TPSA) is 78.3 Å².